The molecule has 33 heavy (non-hydrogen) atoms. The normalized spacial score (nSPS) is 14.2. The van der Waals surface area contributed by atoms with Crippen molar-refractivity contribution in [3.63, 3.8) is 0 Å². The van der Waals surface area contributed by atoms with E-state index in [2.05, 4.69) is 22.3 Å². The number of hydrogen-bond donors (Lipinski definition) is 1. The van der Waals surface area contributed by atoms with Gasteiger partial charge in [-0.15, -0.1) is 0 Å². The Hall–Kier alpha value is -3.77. The number of rotatable bonds is 8. The van der Waals surface area contributed by atoms with Gasteiger partial charge in [-0.2, -0.15) is 0 Å². The predicted octanol–water partition coefficient (Wildman–Crippen LogP) is 5.05. The summed E-state index contributed by atoms with van der Waals surface area (Å²) in [5, 5.41) is 14.2. The van der Waals surface area contributed by atoms with Gasteiger partial charge in [0.05, 0.1) is 4.92 Å². The quantitative estimate of drug-likeness (QED) is 0.230. The summed E-state index contributed by atoms with van der Waals surface area (Å²) >= 11 is 0. The van der Waals surface area contributed by atoms with Gasteiger partial charge >= 0.3 is 0 Å². The molecule has 0 aliphatic carbocycles. The van der Waals surface area contributed by atoms with Gasteiger partial charge in [0.25, 0.3) is 11.6 Å². The largest absolute Gasteiger partial charge is 0.348 e. The highest BCUT2D eigenvalue weighted by atomic mass is 16.6. The second-order valence-corrected chi connectivity index (χ2v) is 8.21. The summed E-state index contributed by atoms with van der Waals surface area (Å²) in [6.45, 7) is 3.54. The summed E-state index contributed by atoms with van der Waals surface area (Å²) in [7, 11) is 0. The van der Waals surface area contributed by atoms with Crippen LogP contribution >= 0.6 is 0 Å². The maximum absolute atomic E-state index is 13.3. The lowest BCUT2D eigenvalue weighted by molar-refractivity contribution is -0.384. The molecule has 6 nitrogen and oxygen atoms in total. The van der Waals surface area contributed by atoms with Crippen LogP contribution in [0.1, 0.15) is 35.1 Å². The highest BCUT2D eigenvalue weighted by Crippen LogP contribution is 2.22. The molecule has 1 aliphatic rings. The van der Waals surface area contributed by atoms with E-state index < -0.39 is 4.92 Å². The predicted molar refractivity (Wildman–Crippen MR) is 130 cm³/mol. The number of nitrogens with one attached hydrogen (secondary N) is 1. The molecule has 1 aliphatic heterocycles. The van der Waals surface area contributed by atoms with Gasteiger partial charge in [-0.3, -0.25) is 19.8 Å². The summed E-state index contributed by atoms with van der Waals surface area (Å²) in [4.78, 5) is 26.4. The first-order chi connectivity index (χ1) is 16.1. The Morgan fingerprint density at radius 2 is 1.64 bits per heavy atom. The maximum atomic E-state index is 13.3. The van der Waals surface area contributed by atoms with Crippen molar-refractivity contribution in [3.8, 4) is 0 Å². The van der Waals surface area contributed by atoms with Gasteiger partial charge in [0, 0.05) is 30.8 Å². The molecule has 0 spiro atoms. The van der Waals surface area contributed by atoms with Crippen LogP contribution in [0.2, 0.25) is 0 Å². The lowest BCUT2D eigenvalue weighted by Gasteiger charge is -2.18. The van der Waals surface area contributed by atoms with E-state index in [1.54, 1.807) is 18.2 Å². The van der Waals surface area contributed by atoms with Crippen LogP contribution < -0.4 is 5.32 Å². The Kier molecular flexibility index (Phi) is 7.27. The fourth-order valence-corrected chi connectivity index (χ4v) is 4.13. The van der Waals surface area contributed by atoms with E-state index in [9.17, 15) is 14.9 Å². The molecule has 3 aromatic carbocycles. The fourth-order valence-electron chi connectivity index (χ4n) is 4.13. The molecule has 3 aromatic rings. The molecule has 1 heterocycles. The first-order valence-corrected chi connectivity index (χ1v) is 11.2. The Morgan fingerprint density at radius 1 is 0.939 bits per heavy atom. The lowest BCUT2D eigenvalue weighted by Crippen LogP contribution is -2.25. The molecule has 1 amide bonds. The van der Waals surface area contributed by atoms with Crippen LogP contribution in [-0.2, 0) is 17.9 Å². The van der Waals surface area contributed by atoms with E-state index in [-0.39, 0.29) is 11.6 Å². The maximum Gasteiger partial charge on any atom is 0.270 e. The molecule has 1 fully saturated rings. The van der Waals surface area contributed by atoms with Crippen LogP contribution in [0.5, 0.6) is 0 Å². The van der Waals surface area contributed by atoms with Crippen LogP contribution in [0, 0.1) is 10.1 Å². The Labute approximate surface area is 193 Å². The zero-order valence-electron chi connectivity index (χ0n) is 18.4. The number of carbonyl (C=O) groups excluding carboxylic acids is 1. The summed E-state index contributed by atoms with van der Waals surface area (Å²) in [6, 6.07) is 23.9. The smallest absolute Gasteiger partial charge is 0.270 e. The molecule has 0 unspecified atom stereocenters. The number of benzene rings is 3. The molecule has 168 valence electrons. The van der Waals surface area contributed by atoms with E-state index in [4.69, 9.17) is 0 Å². The molecule has 0 saturated carbocycles. The molecule has 0 atom stereocenters. The minimum Gasteiger partial charge on any atom is -0.348 e. The molecule has 0 aromatic heterocycles. The third kappa shape index (κ3) is 5.93. The van der Waals surface area contributed by atoms with Crippen LogP contribution in [0.4, 0.5) is 5.69 Å². The van der Waals surface area contributed by atoms with Crippen molar-refractivity contribution in [2.24, 2.45) is 0 Å². The van der Waals surface area contributed by atoms with Crippen LogP contribution in [-0.4, -0.2) is 28.8 Å². The van der Waals surface area contributed by atoms with Crippen molar-refractivity contribution < 1.29 is 9.72 Å². The summed E-state index contributed by atoms with van der Waals surface area (Å²) in [5.41, 5.74) is 4.14. The SMILES string of the molecule is O=C(NCc1ccccc1CN1CCCC1)/C(=C/c1cccc([N+](=O)[O-])c1)c1ccccc1. The molecule has 1 N–H and O–H groups in total. The number of likely N-dealkylation sites (tertiary alicyclic amines) is 1. The van der Waals surface area contributed by atoms with E-state index in [1.807, 2.05) is 42.5 Å². The summed E-state index contributed by atoms with van der Waals surface area (Å²) < 4.78 is 0. The topological polar surface area (TPSA) is 75.5 Å². The van der Waals surface area contributed by atoms with Gasteiger partial charge in [-0.25, -0.2) is 0 Å². The summed E-state index contributed by atoms with van der Waals surface area (Å²) in [5.74, 6) is -0.219. The minimum atomic E-state index is -0.434. The third-order valence-electron chi connectivity index (χ3n) is 5.87. The number of nitro benzene ring substituents is 1. The van der Waals surface area contributed by atoms with Gasteiger partial charge in [-0.1, -0.05) is 66.7 Å². The van der Waals surface area contributed by atoms with Crippen molar-refractivity contribution in [2.45, 2.75) is 25.9 Å². The van der Waals surface area contributed by atoms with Crippen molar-refractivity contribution in [3.05, 3.63) is 111 Å². The van der Waals surface area contributed by atoms with Gasteiger partial charge < -0.3 is 5.32 Å². The van der Waals surface area contributed by atoms with Crippen LogP contribution in [0.25, 0.3) is 11.6 Å². The van der Waals surface area contributed by atoms with E-state index in [1.165, 1.54) is 30.5 Å². The molecule has 6 heteroatoms. The average molecular weight is 442 g/mol. The monoisotopic (exact) mass is 441 g/mol. The highest BCUT2D eigenvalue weighted by Gasteiger charge is 2.16. The molecule has 1 saturated heterocycles. The number of carbonyl (C=O) groups is 1. The summed E-state index contributed by atoms with van der Waals surface area (Å²) in [6.07, 6.45) is 4.18. The van der Waals surface area contributed by atoms with Gasteiger partial charge in [0.15, 0.2) is 0 Å². The number of amides is 1. The van der Waals surface area contributed by atoms with Crippen LogP contribution in [0.3, 0.4) is 0 Å². The second-order valence-electron chi connectivity index (χ2n) is 8.21. The zero-order chi connectivity index (χ0) is 23.0. The lowest BCUT2D eigenvalue weighted by atomic mass is 10.0. The number of nitrogens with zero attached hydrogens (tertiary/aromatic N) is 2. The number of non-ortho nitro benzene ring substituents is 1. The first-order valence-electron chi connectivity index (χ1n) is 11.2. The molecule has 0 radical (unpaired) electrons. The first kappa shape index (κ1) is 22.4. The zero-order valence-corrected chi connectivity index (χ0v) is 18.4. The highest BCUT2D eigenvalue weighted by molar-refractivity contribution is 6.24. The van der Waals surface area contributed by atoms with Gasteiger partial charge in [0.2, 0.25) is 0 Å². The average Bonchev–Trinajstić information content (AvgIpc) is 3.35. The van der Waals surface area contributed by atoms with Gasteiger partial charge in [0.1, 0.15) is 0 Å². The molecular weight excluding hydrogens is 414 g/mol. The van der Waals surface area contributed by atoms with Crippen molar-refractivity contribution in [1.29, 1.82) is 0 Å². The van der Waals surface area contributed by atoms with E-state index >= 15 is 0 Å². The molecular formula is C27H27N3O3. The van der Waals surface area contributed by atoms with E-state index in [0.29, 0.717) is 17.7 Å². The standard InChI is InChI=1S/C27H27N3O3/c31-27(28-19-23-12-4-5-13-24(23)20-29-15-6-7-16-29)26(22-10-2-1-3-11-22)18-21-9-8-14-25(17-21)30(32)33/h1-5,8-14,17-18H,6-7,15-16,19-20H2,(H,28,31)/b26-18+. The fraction of sp³-hybridized carbons (Fsp3) is 0.222. The Balaban J connectivity index is 1.56. The minimum absolute atomic E-state index is 0.00703. The Morgan fingerprint density at radius 3 is 2.36 bits per heavy atom. The molecule has 4 rings (SSSR count). The van der Waals surface area contributed by atoms with Crippen molar-refractivity contribution >= 4 is 23.2 Å². The van der Waals surface area contributed by atoms with Crippen molar-refractivity contribution in [2.75, 3.05) is 13.1 Å². The van der Waals surface area contributed by atoms with Crippen molar-refractivity contribution in [1.82, 2.24) is 10.2 Å². The van der Waals surface area contributed by atoms with Gasteiger partial charge in [-0.05, 0) is 54.3 Å². The number of nitro groups is 1. The molecule has 0 bridgehead atoms. The third-order valence-corrected chi connectivity index (χ3v) is 5.87. The van der Waals surface area contributed by atoms with E-state index in [0.717, 1.165) is 30.8 Å². The number of hydrogen-bond acceptors (Lipinski definition) is 4. The second kappa shape index (κ2) is 10.7. The Bertz CT molecular complexity index is 1150. The van der Waals surface area contributed by atoms with Crippen LogP contribution in [0.15, 0.2) is 78.9 Å².